The molecule has 23 heavy (non-hydrogen) atoms. The van der Waals surface area contributed by atoms with Crippen molar-refractivity contribution in [2.45, 2.75) is 27.4 Å². The van der Waals surface area contributed by atoms with Gasteiger partial charge < -0.3 is 10.1 Å². The molecule has 2 aromatic rings. The second-order valence-electron chi connectivity index (χ2n) is 4.09. The molecule has 0 spiro atoms. The van der Waals surface area contributed by atoms with E-state index in [1.165, 1.54) is 11.1 Å². The molecule has 2 rings (SSSR count). The van der Waals surface area contributed by atoms with Gasteiger partial charge >= 0.3 is 0 Å². The van der Waals surface area contributed by atoms with Crippen LogP contribution in [0, 0.1) is 6.92 Å². The molecule has 0 atom stereocenters. The van der Waals surface area contributed by atoms with Crippen LogP contribution in [0.15, 0.2) is 42.6 Å². The van der Waals surface area contributed by atoms with Gasteiger partial charge in [0.2, 0.25) is 12.3 Å². The number of carbonyl (C=O) groups excluding carboxylic acids is 1. The summed E-state index contributed by atoms with van der Waals surface area (Å²) in [6, 6.07) is 11.8. The number of aryl methyl sites for hydroxylation is 1. The minimum absolute atomic E-state index is 0.403. The minimum Gasteiger partial charge on any atom is -0.473 e. The average Bonchev–Trinajstić information content (AvgIpc) is 2.63. The highest BCUT2D eigenvalue weighted by Gasteiger charge is 2.05. The molecule has 0 aliphatic rings. The molecular formula is C17H26N4O2. The van der Waals surface area contributed by atoms with Crippen LogP contribution in [0.3, 0.4) is 0 Å². The Kier molecular flexibility index (Phi) is 11.6. The fourth-order valence-electron chi connectivity index (χ4n) is 1.71. The van der Waals surface area contributed by atoms with Gasteiger partial charge in [0.15, 0.2) is 0 Å². The van der Waals surface area contributed by atoms with Gasteiger partial charge in [0.25, 0.3) is 0 Å². The van der Waals surface area contributed by atoms with Gasteiger partial charge in [0, 0.05) is 30.6 Å². The lowest BCUT2D eigenvalue weighted by Gasteiger charge is -2.12. The Morgan fingerprint density at radius 3 is 2.43 bits per heavy atom. The van der Waals surface area contributed by atoms with Crippen LogP contribution in [-0.2, 0) is 11.4 Å². The molecule has 0 aliphatic heterocycles. The van der Waals surface area contributed by atoms with Gasteiger partial charge in [-0.05, 0) is 24.6 Å². The predicted molar refractivity (Wildman–Crippen MR) is 94.0 cm³/mol. The summed E-state index contributed by atoms with van der Waals surface area (Å²) < 4.78 is 5.66. The van der Waals surface area contributed by atoms with E-state index in [-0.39, 0.29) is 0 Å². The Morgan fingerprint density at radius 2 is 1.91 bits per heavy atom. The number of rotatable bonds is 5. The van der Waals surface area contributed by atoms with Crippen molar-refractivity contribution >= 4 is 12.1 Å². The Morgan fingerprint density at radius 1 is 1.22 bits per heavy atom. The number of aromatic nitrogens is 1. The summed E-state index contributed by atoms with van der Waals surface area (Å²) in [5, 5.41) is 3.17. The highest BCUT2D eigenvalue weighted by atomic mass is 16.5. The second kappa shape index (κ2) is 13.1. The van der Waals surface area contributed by atoms with Crippen molar-refractivity contribution in [1.82, 2.24) is 10.4 Å². The number of ether oxygens (including phenoxy) is 1. The number of amides is 1. The molecular weight excluding hydrogens is 292 g/mol. The van der Waals surface area contributed by atoms with Gasteiger partial charge in [-0.25, -0.2) is 10.8 Å². The Hall–Kier alpha value is -2.60. The molecule has 0 bridgehead atoms. The molecule has 4 N–H and O–H groups in total. The normalized spacial score (nSPS) is 8.57. The van der Waals surface area contributed by atoms with Crippen LogP contribution >= 0.6 is 0 Å². The number of hydrogen-bond acceptors (Lipinski definition) is 5. The van der Waals surface area contributed by atoms with Crippen molar-refractivity contribution in [3.8, 4) is 5.88 Å². The summed E-state index contributed by atoms with van der Waals surface area (Å²) in [6.07, 6.45) is 2.13. The molecule has 0 saturated carbocycles. The van der Waals surface area contributed by atoms with Crippen LogP contribution in [0.25, 0.3) is 0 Å². The van der Waals surface area contributed by atoms with Gasteiger partial charge in [0.05, 0.1) is 0 Å². The number of hydrazine groups is 1. The molecule has 0 radical (unpaired) electrons. The van der Waals surface area contributed by atoms with Crippen LogP contribution in [0.1, 0.15) is 25.0 Å². The SMILES string of the molecule is CC.CNc1cccc(C)c1COc1ccccn1.NNC=O. The monoisotopic (exact) mass is 318 g/mol. The number of nitrogens with two attached hydrogens (primary N) is 1. The van der Waals surface area contributed by atoms with Crippen molar-refractivity contribution in [3.63, 3.8) is 0 Å². The lowest BCUT2D eigenvalue weighted by atomic mass is 10.1. The number of anilines is 1. The largest absolute Gasteiger partial charge is 0.473 e. The van der Waals surface area contributed by atoms with Crippen molar-refractivity contribution in [2.24, 2.45) is 5.84 Å². The van der Waals surface area contributed by atoms with Crippen LogP contribution in [0.2, 0.25) is 0 Å². The van der Waals surface area contributed by atoms with Gasteiger partial charge in [-0.15, -0.1) is 0 Å². The van der Waals surface area contributed by atoms with Gasteiger partial charge in [-0.3, -0.25) is 10.2 Å². The van der Waals surface area contributed by atoms with E-state index in [0.717, 1.165) is 5.69 Å². The lowest BCUT2D eigenvalue weighted by molar-refractivity contribution is -0.109. The lowest BCUT2D eigenvalue weighted by Crippen LogP contribution is -2.18. The summed E-state index contributed by atoms with van der Waals surface area (Å²) in [4.78, 5) is 13.1. The van der Waals surface area contributed by atoms with Crippen molar-refractivity contribution in [2.75, 3.05) is 12.4 Å². The summed E-state index contributed by atoms with van der Waals surface area (Å²) in [5.74, 6) is 5.06. The predicted octanol–water partition coefficient (Wildman–Crippen LogP) is 2.64. The van der Waals surface area contributed by atoms with E-state index in [1.54, 1.807) is 11.6 Å². The Labute approximate surface area is 138 Å². The summed E-state index contributed by atoms with van der Waals surface area (Å²) in [7, 11) is 1.92. The first-order chi connectivity index (χ1) is 11.2. The van der Waals surface area contributed by atoms with Crippen molar-refractivity contribution < 1.29 is 9.53 Å². The maximum atomic E-state index is 8.94. The first-order valence-corrected chi connectivity index (χ1v) is 7.42. The van der Waals surface area contributed by atoms with Gasteiger partial charge in [-0.2, -0.15) is 0 Å². The topological polar surface area (TPSA) is 89.3 Å². The summed E-state index contributed by atoms with van der Waals surface area (Å²) in [6.45, 7) is 6.61. The molecule has 0 saturated heterocycles. The summed E-state index contributed by atoms with van der Waals surface area (Å²) in [5.41, 5.74) is 5.23. The standard InChI is InChI=1S/C14H16N2O.C2H6.CH4N2O/c1-11-6-5-7-13(15-2)12(11)10-17-14-8-3-4-9-16-14;1-2;2-3-1-4/h3-9,15H,10H2,1-2H3;1-2H3;1H,2H2,(H,3,4). The smallest absolute Gasteiger partial charge is 0.221 e. The van der Waals surface area contributed by atoms with E-state index in [4.69, 9.17) is 9.53 Å². The van der Waals surface area contributed by atoms with Crippen molar-refractivity contribution in [1.29, 1.82) is 0 Å². The molecule has 6 nitrogen and oxygen atoms in total. The number of benzene rings is 1. The molecule has 0 unspecified atom stereocenters. The Bertz CT molecular complexity index is 548. The first-order valence-electron chi connectivity index (χ1n) is 7.42. The van der Waals surface area contributed by atoms with E-state index >= 15 is 0 Å². The number of nitrogens with one attached hydrogen (secondary N) is 2. The number of hydrogen-bond donors (Lipinski definition) is 3. The molecule has 6 heteroatoms. The van der Waals surface area contributed by atoms with E-state index in [1.807, 2.05) is 51.2 Å². The van der Waals surface area contributed by atoms with Crippen LogP contribution in [0.5, 0.6) is 5.88 Å². The highest BCUT2D eigenvalue weighted by Crippen LogP contribution is 2.20. The fourth-order valence-corrected chi connectivity index (χ4v) is 1.71. The molecule has 0 aliphatic carbocycles. The Balaban J connectivity index is 0.000000705. The maximum absolute atomic E-state index is 8.94. The second-order valence-corrected chi connectivity index (χ2v) is 4.09. The number of pyridine rings is 1. The maximum Gasteiger partial charge on any atom is 0.221 e. The average molecular weight is 318 g/mol. The van der Waals surface area contributed by atoms with E-state index in [2.05, 4.69) is 29.1 Å². The zero-order valence-corrected chi connectivity index (χ0v) is 14.2. The zero-order valence-electron chi connectivity index (χ0n) is 14.2. The third-order valence-corrected chi connectivity index (χ3v) is 2.75. The minimum atomic E-state index is 0.403. The van der Waals surface area contributed by atoms with E-state index in [9.17, 15) is 0 Å². The van der Waals surface area contributed by atoms with Gasteiger partial charge in [0.1, 0.15) is 6.61 Å². The molecule has 126 valence electrons. The quantitative estimate of drug-likeness (QED) is 0.341. The van der Waals surface area contributed by atoms with Crippen LogP contribution in [0.4, 0.5) is 5.69 Å². The highest BCUT2D eigenvalue weighted by molar-refractivity contribution is 5.53. The molecule has 0 fully saturated rings. The first kappa shape index (κ1) is 20.4. The van der Waals surface area contributed by atoms with Gasteiger partial charge in [-0.1, -0.05) is 32.0 Å². The third-order valence-electron chi connectivity index (χ3n) is 2.75. The van der Waals surface area contributed by atoms with Crippen LogP contribution in [-0.4, -0.2) is 18.4 Å². The number of carbonyl (C=O) groups is 1. The molecule has 1 aromatic carbocycles. The van der Waals surface area contributed by atoms with E-state index in [0.29, 0.717) is 18.9 Å². The molecule has 1 aromatic heterocycles. The van der Waals surface area contributed by atoms with Crippen LogP contribution < -0.4 is 21.3 Å². The number of nitrogens with zero attached hydrogens (tertiary/aromatic N) is 1. The fraction of sp³-hybridized carbons (Fsp3) is 0.294. The zero-order chi connectivity index (χ0) is 17.5. The third kappa shape index (κ3) is 7.82. The summed E-state index contributed by atoms with van der Waals surface area (Å²) >= 11 is 0. The van der Waals surface area contributed by atoms with E-state index < -0.39 is 0 Å². The van der Waals surface area contributed by atoms with Crippen molar-refractivity contribution in [3.05, 3.63) is 53.7 Å². The molecule has 1 heterocycles. The molecule has 1 amide bonds.